The van der Waals surface area contributed by atoms with E-state index in [1.807, 2.05) is 36.4 Å². The minimum Gasteiger partial charge on any atom is -0.486 e. The standard InChI is InChI=1S/C23H27NO6S/c24-17-18-7-9-19(10-8-18)22(5-2-4-16-31(25,26)27)29-20-11-13-21(14-12-20)30-23-6-1-3-15-28-23/h7-14,22-23H,1-6,15-16H2,(H,25,26,27). The molecule has 0 amide bonds. The highest BCUT2D eigenvalue weighted by Gasteiger charge is 2.17. The second-order valence-corrected chi connectivity index (χ2v) is 9.08. The Balaban J connectivity index is 1.64. The molecule has 0 radical (unpaired) electrons. The lowest BCUT2D eigenvalue weighted by Crippen LogP contribution is -2.24. The first-order valence-corrected chi connectivity index (χ1v) is 12.0. The zero-order valence-corrected chi connectivity index (χ0v) is 18.1. The molecule has 8 heteroatoms. The van der Waals surface area contributed by atoms with Crippen LogP contribution in [0.25, 0.3) is 0 Å². The molecular formula is C23H27NO6S. The molecule has 1 N–H and O–H groups in total. The summed E-state index contributed by atoms with van der Waals surface area (Å²) in [7, 11) is -3.97. The van der Waals surface area contributed by atoms with Gasteiger partial charge in [0.15, 0.2) is 6.29 Å². The number of benzene rings is 2. The van der Waals surface area contributed by atoms with Crippen molar-refractivity contribution < 1.29 is 27.2 Å². The van der Waals surface area contributed by atoms with Crippen molar-refractivity contribution >= 4 is 10.1 Å². The molecule has 1 aliphatic rings. The van der Waals surface area contributed by atoms with Crippen molar-refractivity contribution in [3.63, 3.8) is 0 Å². The van der Waals surface area contributed by atoms with E-state index in [-0.39, 0.29) is 18.1 Å². The lowest BCUT2D eigenvalue weighted by Gasteiger charge is -2.24. The van der Waals surface area contributed by atoms with Gasteiger partial charge in [-0.05, 0) is 74.1 Å². The molecule has 1 fully saturated rings. The quantitative estimate of drug-likeness (QED) is 0.419. The third-order valence-corrected chi connectivity index (χ3v) is 5.84. The van der Waals surface area contributed by atoms with E-state index in [4.69, 9.17) is 24.0 Å². The maximum absolute atomic E-state index is 11.0. The first kappa shape index (κ1) is 23.1. The average Bonchev–Trinajstić information content (AvgIpc) is 2.77. The van der Waals surface area contributed by atoms with Crippen LogP contribution in [0, 0.1) is 11.3 Å². The summed E-state index contributed by atoms with van der Waals surface area (Å²) >= 11 is 0. The Kier molecular flexibility index (Phi) is 8.29. The van der Waals surface area contributed by atoms with Crippen LogP contribution >= 0.6 is 0 Å². The third kappa shape index (κ3) is 7.87. The maximum Gasteiger partial charge on any atom is 0.264 e. The van der Waals surface area contributed by atoms with Crippen LogP contribution in [0.15, 0.2) is 48.5 Å². The molecule has 0 aliphatic carbocycles. The number of hydrogen-bond acceptors (Lipinski definition) is 6. The van der Waals surface area contributed by atoms with E-state index in [0.717, 1.165) is 31.4 Å². The zero-order chi connectivity index (χ0) is 22.1. The molecule has 2 unspecified atom stereocenters. The highest BCUT2D eigenvalue weighted by atomic mass is 32.2. The fourth-order valence-electron chi connectivity index (χ4n) is 3.40. The van der Waals surface area contributed by atoms with Gasteiger partial charge in [0, 0.05) is 6.42 Å². The molecule has 1 aliphatic heterocycles. The van der Waals surface area contributed by atoms with Crippen molar-refractivity contribution in [3.05, 3.63) is 59.7 Å². The molecule has 3 rings (SSSR count). The normalized spacial score (nSPS) is 17.5. The van der Waals surface area contributed by atoms with Gasteiger partial charge < -0.3 is 14.2 Å². The predicted octanol–water partition coefficient (Wildman–Crippen LogP) is 4.64. The van der Waals surface area contributed by atoms with Gasteiger partial charge >= 0.3 is 0 Å². The molecule has 1 saturated heterocycles. The van der Waals surface area contributed by atoms with Crippen molar-refractivity contribution in [1.82, 2.24) is 0 Å². The number of ether oxygens (including phenoxy) is 3. The van der Waals surface area contributed by atoms with E-state index in [1.165, 1.54) is 0 Å². The van der Waals surface area contributed by atoms with Gasteiger partial charge in [0.25, 0.3) is 10.1 Å². The lowest BCUT2D eigenvalue weighted by molar-refractivity contribution is -0.105. The summed E-state index contributed by atoms with van der Waals surface area (Å²) in [5, 5.41) is 9.01. The Labute approximate surface area is 183 Å². The van der Waals surface area contributed by atoms with Gasteiger partial charge in [-0.3, -0.25) is 4.55 Å². The van der Waals surface area contributed by atoms with E-state index >= 15 is 0 Å². The molecule has 2 atom stereocenters. The molecule has 0 bridgehead atoms. The topological polar surface area (TPSA) is 106 Å². The minimum absolute atomic E-state index is 0.213. The molecular weight excluding hydrogens is 418 g/mol. The summed E-state index contributed by atoms with van der Waals surface area (Å²) < 4.78 is 48.4. The summed E-state index contributed by atoms with van der Waals surface area (Å²) in [4.78, 5) is 0. The van der Waals surface area contributed by atoms with Gasteiger partial charge in [-0.15, -0.1) is 0 Å². The van der Waals surface area contributed by atoms with Crippen LogP contribution in [0.5, 0.6) is 11.5 Å². The Bertz CT molecular complexity index is 961. The van der Waals surface area contributed by atoms with Gasteiger partial charge in [-0.2, -0.15) is 13.7 Å². The Morgan fingerprint density at radius 3 is 2.39 bits per heavy atom. The number of nitriles is 1. The SMILES string of the molecule is N#Cc1ccc(C(CCCCS(=O)(=O)O)Oc2ccc(OC3CCCCO3)cc2)cc1. The van der Waals surface area contributed by atoms with Crippen LogP contribution in [-0.4, -0.2) is 31.6 Å². The first-order valence-electron chi connectivity index (χ1n) is 10.4. The van der Waals surface area contributed by atoms with Gasteiger partial charge in [-0.1, -0.05) is 12.1 Å². The van der Waals surface area contributed by atoms with Crippen molar-refractivity contribution in [2.24, 2.45) is 0 Å². The molecule has 166 valence electrons. The smallest absolute Gasteiger partial charge is 0.264 e. The second kappa shape index (κ2) is 11.1. The van der Waals surface area contributed by atoms with Gasteiger partial charge in [0.1, 0.15) is 17.6 Å². The molecule has 7 nitrogen and oxygen atoms in total. The molecule has 31 heavy (non-hydrogen) atoms. The number of hydrogen-bond donors (Lipinski definition) is 1. The molecule has 0 aromatic heterocycles. The van der Waals surface area contributed by atoms with Crippen molar-refractivity contribution in [2.75, 3.05) is 12.4 Å². The molecule has 1 heterocycles. The third-order valence-electron chi connectivity index (χ3n) is 5.04. The van der Waals surface area contributed by atoms with Crippen LogP contribution < -0.4 is 9.47 Å². The number of unbranched alkanes of at least 4 members (excludes halogenated alkanes) is 1. The van der Waals surface area contributed by atoms with Crippen LogP contribution in [0.1, 0.15) is 55.8 Å². The summed E-state index contributed by atoms with van der Waals surface area (Å²) in [6.45, 7) is 0.718. The predicted molar refractivity (Wildman–Crippen MR) is 115 cm³/mol. The van der Waals surface area contributed by atoms with Crippen molar-refractivity contribution in [2.45, 2.75) is 50.9 Å². The molecule has 0 spiro atoms. The van der Waals surface area contributed by atoms with Gasteiger partial charge in [-0.25, -0.2) is 0 Å². The van der Waals surface area contributed by atoms with Gasteiger partial charge in [0.2, 0.25) is 0 Å². The monoisotopic (exact) mass is 445 g/mol. The van der Waals surface area contributed by atoms with Crippen molar-refractivity contribution in [3.8, 4) is 17.6 Å². The summed E-state index contributed by atoms with van der Waals surface area (Å²) in [5.74, 6) is 1.09. The van der Waals surface area contributed by atoms with Crippen LogP contribution in [-0.2, 0) is 14.9 Å². The maximum atomic E-state index is 11.0. The second-order valence-electron chi connectivity index (χ2n) is 7.51. The summed E-state index contributed by atoms with van der Waals surface area (Å²) in [6.07, 6.45) is 3.97. The zero-order valence-electron chi connectivity index (χ0n) is 17.3. The van der Waals surface area contributed by atoms with Crippen LogP contribution in [0.3, 0.4) is 0 Å². The van der Waals surface area contributed by atoms with E-state index in [2.05, 4.69) is 6.07 Å². The lowest BCUT2D eigenvalue weighted by atomic mass is 10.0. The molecule has 2 aromatic rings. The largest absolute Gasteiger partial charge is 0.486 e. The highest BCUT2D eigenvalue weighted by Crippen LogP contribution is 2.29. The Morgan fingerprint density at radius 1 is 1.06 bits per heavy atom. The molecule has 2 aromatic carbocycles. The van der Waals surface area contributed by atoms with E-state index in [9.17, 15) is 8.42 Å². The highest BCUT2D eigenvalue weighted by molar-refractivity contribution is 7.85. The van der Waals surface area contributed by atoms with E-state index < -0.39 is 10.1 Å². The number of nitrogens with zero attached hydrogens (tertiary/aromatic N) is 1. The first-order chi connectivity index (χ1) is 14.9. The Hall–Kier alpha value is -2.60. The van der Waals surface area contributed by atoms with Gasteiger partial charge in [0.05, 0.1) is 24.0 Å². The summed E-state index contributed by atoms with van der Waals surface area (Å²) in [5.41, 5.74) is 1.45. The van der Waals surface area contributed by atoms with Crippen LogP contribution in [0.2, 0.25) is 0 Å². The minimum atomic E-state index is -3.97. The summed E-state index contributed by atoms with van der Waals surface area (Å²) in [6, 6.07) is 16.5. The van der Waals surface area contributed by atoms with Crippen molar-refractivity contribution in [1.29, 1.82) is 5.26 Å². The fraction of sp³-hybridized carbons (Fsp3) is 0.435. The number of rotatable bonds is 10. The molecule has 0 saturated carbocycles. The Morgan fingerprint density at radius 2 is 1.77 bits per heavy atom. The fourth-order valence-corrected chi connectivity index (χ4v) is 3.97. The van der Waals surface area contributed by atoms with E-state index in [1.54, 1.807) is 12.1 Å². The van der Waals surface area contributed by atoms with E-state index in [0.29, 0.717) is 36.3 Å². The average molecular weight is 446 g/mol. The van der Waals surface area contributed by atoms with Crippen LogP contribution in [0.4, 0.5) is 0 Å².